The number of nitrogens with one attached hydrogen (secondary N) is 4. The molecule has 5 rings (SSSR count). The number of pyridine rings is 1. The number of rotatable bonds is 7. The fourth-order valence-electron chi connectivity index (χ4n) is 5.28. The summed E-state index contributed by atoms with van der Waals surface area (Å²) in [7, 11) is 1.87. The average Bonchev–Trinajstić information content (AvgIpc) is 3.39. The molecule has 2 fully saturated rings. The molecule has 3 aromatic rings. The summed E-state index contributed by atoms with van der Waals surface area (Å²) in [6.07, 6.45) is 9.04. The van der Waals surface area contributed by atoms with Crippen molar-refractivity contribution in [1.82, 2.24) is 19.8 Å². The molecule has 37 heavy (non-hydrogen) atoms. The van der Waals surface area contributed by atoms with E-state index in [1.54, 1.807) is 6.20 Å². The molecule has 1 aromatic carbocycles. The number of carbonyl (C=O) groups excluding carboxylic acids is 1. The molecule has 0 spiro atoms. The molecule has 2 aliphatic rings. The maximum Gasteiger partial charge on any atom is 0.274 e. The van der Waals surface area contributed by atoms with E-state index in [-0.39, 0.29) is 5.91 Å². The van der Waals surface area contributed by atoms with Crippen LogP contribution >= 0.6 is 0 Å². The van der Waals surface area contributed by atoms with Gasteiger partial charge in [0.1, 0.15) is 17.3 Å². The van der Waals surface area contributed by atoms with Crippen LogP contribution in [0.4, 0.5) is 11.5 Å². The second kappa shape index (κ2) is 11.6. The van der Waals surface area contributed by atoms with Crippen LogP contribution in [0.3, 0.4) is 0 Å². The molecule has 2 aromatic heterocycles. The van der Waals surface area contributed by atoms with Crippen molar-refractivity contribution in [2.45, 2.75) is 45.1 Å². The Bertz CT molecular complexity index is 1220. The lowest BCUT2D eigenvalue weighted by atomic mass is 10.1. The monoisotopic (exact) mass is 499 g/mol. The first-order chi connectivity index (χ1) is 18.1. The van der Waals surface area contributed by atoms with Gasteiger partial charge in [0.15, 0.2) is 0 Å². The number of aromatic amines is 1. The summed E-state index contributed by atoms with van der Waals surface area (Å²) in [5, 5.41) is 14.9. The SMILES string of the molecule is CNc1[nH]c(-c2ccc(NC(=O)c3cc(CN4CCCCC4)ccn3)cc2)cc1C(=N)N1CCCCC1. The lowest BCUT2D eigenvalue weighted by molar-refractivity contribution is 0.102. The number of amidine groups is 1. The standard InChI is InChI=1S/C29H37N7O/c1-31-28-24(27(30)36-16-6-3-7-17-36)19-25(34-28)22-8-10-23(11-9-22)33-29(37)26-18-21(12-13-32-26)20-35-14-4-2-5-15-35/h8-13,18-19,30-31,34H,2-7,14-17,20H2,1H3,(H,33,37). The number of nitrogens with zero attached hydrogens (tertiary/aromatic N) is 3. The molecule has 0 atom stereocenters. The van der Waals surface area contributed by atoms with Gasteiger partial charge < -0.3 is 20.5 Å². The number of aromatic nitrogens is 2. The normalized spacial score (nSPS) is 16.4. The lowest BCUT2D eigenvalue weighted by Gasteiger charge is -2.29. The van der Waals surface area contributed by atoms with E-state index in [2.05, 4.69) is 30.4 Å². The second-order valence-corrected chi connectivity index (χ2v) is 10.0. The molecular formula is C29H37N7O. The van der Waals surface area contributed by atoms with Gasteiger partial charge in [0.25, 0.3) is 5.91 Å². The van der Waals surface area contributed by atoms with Crippen LogP contribution in [-0.2, 0) is 6.54 Å². The number of amides is 1. The maximum atomic E-state index is 12.9. The number of carbonyl (C=O) groups is 1. The van der Waals surface area contributed by atoms with E-state index in [0.717, 1.165) is 79.5 Å². The highest BCUT2D eigenvalue weighted by Crippen LogP contribution is 2.28. The Morgan fingerprint density at radius 2 is 1.68 bits per heavy atom. The fraction of sp³-hybridized carbons (Fsp3) is 0.414. The molecule has 8 heteroatoms. The zero-order chi connectivity index (χ0) is 25.6. The molecule has 194 valence electrons. The van der Waals surface area contributed by atoms with Crippen molar-refractivity contribution < 1.29 is 4.79 Å². The number of hydrogen-bond acceptors (Lipinski definition) is 5. The molecular weight excluding hydrogens is 462 g/mol. The van der Waals surface area contributed by atoms with Crippen LogP contribution in [0.15, 0.2) is 48.7 Å². The van der Waals surface area contributed by atoms with Gasteiger partial charge in [-0.05, 0) is 86.7 Å². The van der Waals surface area contributed by atoms with E-state index in [9.17, 15) is 4.79 Å². The van der Waals surface area contributed by atoms with Crippen molar-refractivity contribution in [3.05, 3.63) is 65.5 Å². The zero-order valence-corrected chi connectivity index (χ0v) is 21.6. The van der Waals surface area contributed by atoms with Crippen LogP contribution in [0.5, 0.6) is 0 Å². The highest BCUT2D eigenvalue weighted by atomic mass is 16.1. The van der Waals surface area contributed by atoms with E-state index in [1.807, 2.05) is 49.5 Å². The summed E-state index contributed by atoms with van der Waals surface area (Å²) in [4.78, 5) is 25.2. The van der Waals surface area contributed by atoms with Gasteiger partial charge in [-0.25, -0.2) is 0 Å². The smallest absolute Gasteiger partial charge is 0.274 e. The van der Waals surface area contributed by atoms with Gasteiger partial charge in [0.2, 0.25) is 0 Å². The third-order valence-corrected chi connectivity index (χ3v) is 7.36. The summed E-state index contributed by atoms with van der Waals surface area (Å²) in [6, 6.07) is 13.7. The molecule has 0 radical (unpaired) electrons. The predicted molar refractivity (Wildman–Crippen MR) is 149 cm³/mol. The number of anilines is 2. The summed E-state index contributed by atoms with van der Waals surface area (Å²) in [6.45, 7) is 4.97. The quantitative estimate of drug-likeness (QED) is 0.266. The lowest BCUT2D eigenvalue weighted by Crippen LogP contribution is -2.35. The van der Waals surface area contributed by atoms with Crippen molar-refractivity contribution in [3.63, 3.8) is 0 Å². The van der Waals surface area contributed by atoms with E-state index in [1.165, 1.54) is 25.7 Å². The molecule has 2 saturated heterocycles. The van der Waals surface area contributed by atoms with E-state index >= 15 is 0 Å². The average molecular weight is 500 g/mol. The Morgan fingerprint density at radius 3 is 2.38 bits per heavy atom. The fourth-order valence-corrected chi connectivity index (χ4v) is 5.28. The van der Waals surface area contributed by atoms with Crippen molar-refractivity contribution >= 4 is 23.2 Å². The summed E-state index contributed by atoms with van der Waals surface area (Å²) in [5.41, 5.74) is 5.09. The van der Waals surface area contributed by atoms with Gasteiger partial charge in [-0.2, -0.15) is 0 Å². The number of hydrogen-bond donors (Lipinski definition) is 4. The molecule has 4 N–H and O–H groups in total. The summed E-state index contributed by atoms with van der Waals surface area (Å²) < 4.78 is 0. The minimum atomic E-state index is -0.206. The number of likely N-dealkylation sites (tertiary alicyclic amines) is 2. The number of benzene rings is 1. The molecule has 0 aliphatic carbocycles. The van der Waals surface area contributed by atoms with Gasteiger partial charge in [0.05, 0.1) is 5.56 Å². The second-order valence-electron chi connectivity index (χ2n) is 10.0. The van der Waals surface area contributed by atoms with Crippen molar-refractivity contribution in [3.8, 4) is 11.3 Å². The summed E-state index contributed by atoms with van der Waals surface area (Å²) >= 11 is 0. The van der Waals surface area contributed by atoms with Crippen LogP contribution in [0.2, 0.25) is 0 Å². The van der Waals surface area contributed by atoms with Gasteiger partial charge >= 0.3 is 0 Å². The zero-order valence-electron chi connectivity index (χ0n) is 21.6. The Hall–Kier alpha value is -3.65. The molecule has 4 heterocycles. The highest BCUT2D eigenvalue weighted by Gasteiger charge is 2.20. The van der Waals surface area contributed by atoms with Crippen LogP contribution in [0.1, 0.15) is 60.1 Å². The van der Waals surface area contributed by atoms with E-state index in [4.69, 9.17) is 5.41 Å². The maximum absolute atomic E-state index is 12.9. The Labute approximate surface area is 219 Å². The topological polar surface area (TPSA) is 100 Å². The first-order valence-electron chi connectivity index (χ1n) is 13.4. The first kappa shape index (κ1) is 25.0. The van der Waals surface area contributed by atoms with Crippen LogP contribution in [0.25, 0.3) is 11.3 Å². The molecule has 0 saturated carbocycles. The van der Waals surface area contributed by atoms with Crippen molar-refractivity contribution in [1.29, 1.82) is 5.41 Å². The van der Waals surface area contributed by atoms with Gasteiger partial charge in [-0.3, -0.25) is 20.1 Å². The third kappa shape index (κ3) is 6.02. The largest absolute Gasteiger partial charge is 0.374 e. The van der Waals surface area contributed by atoms with Crippen LogP contribution in [-0.4, -0.2) is 64.7 Å². The minimum absolute atomic E-state index is 0.206. The molecule has 8 nitrogen and oxygen atoms in total. The molecule has 0 bridgehead atoms. The van der Waals surface area contributed by atoms with Crippen LogP contribution in [0, 0.1) is 5.41 Å². The number of piperidine rings is 2. The Kier molecular flexibility index (Phi) is 7.84. The molecule has 1 amide bonds. The third-order valence-electron chi connectivity index (χ3n) is 7.36. The number of H-pyrrole nitrogens is 1. The van der Waals surface area contributed by atoms with Crippen molar-refractivity contribution in [2.24, 2.45) is 0 Å². The van der Waals surface area contributed by atoms with Gasteiger partial charge in [0, 0.05) is 44.3 Å². The highest BCUT2D eigenvalue weighted by molar-refractivity contribution is 6.03. The minimum Gasteiger partial charge on any atom is -0.374 e. The predicted octanol–water partition coefficient (Wildman–Crippen LogP) is 5.17. The van der Waals surface area contributed by atoms with Crippen molar-refractivity contribution in [2.75, 3.05) is 43.9 Å². The Balaban J connectivity index is 1.25. The van der Waals surface area contributed by atoms with Crippen LogP contribution < -0.4 is 10.6 Å². The first-order valence-corrected chi connectivity index (χ1v) is 13.4. The molecule has 2 aliphatic heterocycles. The Morgan fingerprint density at radius 1 is 0.973 bits per heavy atom. The molecule has 0 unspecified atom stereocenters. The van der Waals surface area contributed by atoms with E-state index in [0.29, 0.717) is 11.5 Å². The van der Waals surface area contributed by atoms with E-state index < -0.39 is 0 Å². The van der Waals surface area contributed by atoms with Gasteiger partial charge in [-0.15, -0.1) is 0 Å². The van der Waals surface area contributed by atoms with Gasteiger partial charge in [-0.1, -0.05) is 18.6 Å². The summed E-state index contributed by atoms with van der Waals surface area (Å²) in [5.74, 6) is 1.20.